The Morgan fingerprint density at radius 3 is 2.56 bits per heavy atom. The smallest absolute Gasteiger partial charge is 0.310 e. The third kappa shape index (κ3) is 2.78. The van der Waals surface area contributed by atoms with Crippen LogP contribution in [0.2, 0.25) is 0 Å². The first-order chi connectivity index (χ1) is 7.33. The van der Waals surface area contributed by atoms with Crippen LogP contribution in [-0.4, -0.2) is 38.7 Å². The van der Waals surface area contributed by atoms with Crippen LogP contribution in [0, 0.1) is 12.3 Å². The van der Waals surface area contributed by atoms with Crippen LogP contribution in [0.15, 0.2) is 0 Å². The third-order valence-corrected chi connectivity index (χ3v) is 2.07. The number of carbonyl (C=O) groups excluding carboxylic acids is 1. The van der Waals surface area contributed by atoms with E-state index in [2.05, 4.69) is 20.5 Å². The Labute approximate surface area is 92.3 Å². The molecule has 1 amide bonds. The van der Waals surface area contributed by atoms with E-state index in [9.17, 15) is 9.59 Å². The van der Waals surface area contributed by atoms with Crippen LogP contribution in [-0.2, 0) is 4.79 Å². The summed E-state index contributed by atoms with van der Waals surface area (Å²) in [6.45, 7) is 4.75. The number of H-pyrrole nitrogens is 1. The van der Waals surface area contributed by atoms with E-state index in [-0.39, 0.29) is 12.4 Å². The van der Waals surface area contributed by atoms with Crippen molar-refractivity contribution < 1.29 is 14.7 Å². The maximum atomic E-state index is 11.5. The third-order valence-electron chi connectivity index (χ3n) is 2.07. The number of carbonyl (C=O) groups is 2. The zero-order valence-corrected chi connectivity index (χ0v) is 9.37. The van der Waals surface area contributed by atoms with Crippen molar-refractivity contribution in [2.24, 2.45) is 5.41 Å². The number of hydrogen-bond acceptors (Lipinski definition) is 4. The molecule has 16 heavy (non-hydrogen) atoms. The largest absolute Gasteiger partial charge is 0.481 e. The molecule has 0 radical (unpaired) electrons. The van der Waals surface area contributed by atoms with Crippen LogP contribution >= 0.6 is 0 Å². The van der Waals surface area contributed by atoms with Crippen molar-refractivity contribution in [2.75, 3.05) is 6.54 Å². The summed E-state index contributed by atoms with van der Waals surface area (Å²) in [4.78, 5) is 26.1. The first-order valence-corrected chi connectivity index (χ1v) is 4.73. The molecular weight excluding hydrogens is 212 g/mol. The van der Waals surface area contributed by atoms with Crippen molar-refractivity contribution >= 4 is 11.9 Å². The summed E-state index contributed by atoms with van der Waals surface area (Å²) in [5, 5.41) is 17.5. The molecule has 0 aliphatic carbocycles. The molecule has 0 spiro atoms. The molecule has 1 rings (SSSR count). The van der Waals surface area contributed by atoms with Gasteiger partial charge in [-0.3, -0.25) is 14.7 Å². The minimum Gasteiger partial charge on any atom is -0.481 e. The highest BCUT2D eigenvalue weighted by Crippen LogP contribution is 2.13. The van der Waals surface area contributed by atoms with Gasteiger partial charge in [-0.2, -0.15) is 0 Å². The van der Waals surface area contributed by atoms with Crippen LogP contribution in [0.25, 0.3) is 0 Å². The van der Waals surface area contributed by atoms with Gasteiger partial charge >= 0.3 is 5.97 Å². The minimum absolute atomic E-state index is 0.0127. The molecule has 0 fully saturated rings. The van der Waals surface area contributed by atoms with Crippen molar-refractivity contribution in [3.63, 3.8) is 0 Å². The molecule has 0 aromatic carbocycles. The van der Waals surface area contributed by atoms with Gasteiger partial charge in [-0.1, -0.05) is 0 Å². The van der Waals surface area contributed by atoms with Crippen molar-refractivity contribution in [3.05, 3.63) is 11.6 Å². The van der Waals surface area contributed by atoms with Gasteiger partial charge in [0.25, 0.3) is 5.91 Å². The van der Waals surface area contributed by atoms with Crippen molar-refractivity contribution in [3.8, 4) is 0 Å². The number of aromatic amines is 1. The second-order valence-corrected chi connectivity index (χ2v) is 4.12. The maximum absolute atomic E-state index is 11.5. The molecule has 1 aromatic heterocycles. The molecular formula is C9H14N4O3. The van der Waals surface area contributed by atoms with Gasteiger partial charge in [0.05, 0.1) is 5.41 Å². The lowest BCUT2D eigenvalue weighted by Crippen LogP contribution is -2.39. The van der Waals surface area contributed by atoms with Crippen molar-refractivity contribution in [1.82, 2.24) is 20.5 Å². The summed E-state index contributed by atoms with van der Waals surface area (Å²) in [6.07, 6.45) is 0. The lowest BCUT2D eigenvalue weighted by molar-refractivity contribution is -0.146. The molecule has 0 aliphatic rings. The lowest BCUT2D eigenvalue weighted by atomic mass is 9.94. The highest BCUT2D eigenvalue weighted by atomic mass is 16.4. The second kappa shape index (κ2) is 4.30. The van der Waals surface area contributed by atoms with Crippen LogP contribution < -0.4 is 5.32 Å². The number of nitrogens with zero attached hydrogens (tertiary/aromatic N) is 2. The van der Waals surface area contributed by atoms with Crippen LogP contribution in [0.1, 0.15) is 30.3 Å². The first kappa shape index (κ1) is 12.2. The van der Waals surface area contributed by atoms with E-state index in [0.717, 1.165) is 0 Å². The molecule has 0 saturated heterocycles. The topological polar surface area (TPSA) is 108 Å². The summed E-state index contributed by atoms with van der Waals surface area (Å²) in [5.74, 6) is -0.918. The standard InChI is InChI=1S/C9H14N4O3/c1-5-11-6(13-12-5)7(14)10-4-9(2,3)8(15)16/h4H2,1-3H3,(H,10,14)(H,15,16)(H,11,12,13). The number of amides is 1. The van der Waals surface area contributed by atoms with E-state index in [1.165, 1.54) is 13.8 Å². The van der Waals surface area contributed by atoms with Gasteiger partial charge in [0.1, 0.15) is 5.82 Å². The minimum atomic E-state index is -1.01. The summed E-state index contributed by atoms with van der Waals surface area (Å²) in [5.41, 5.74) is -1.01. The number of nitrogens with one attached hydrogen (secondary N) is 2. The molecule has 1 aromatic rings. The summed E-state index contributed by atoms with van der Waals surface area (Å²) in [7, 11) is 0. The average molecular weight is 226 g/mol. The lowest BCUT2D eigenvalue weighted by Gasteiger charge is -2.18. The number of hydrogen-bond donors (Lipinski definition) is 3. The number of carboxylic acids is 1. The number of carboxylic acid groups (broad SMARTS) is 1. The first-order valence-electron chi connectivity index (χ1n) is 4.73. The fraction of sp³-hybridized carbons (Fsp3) is 0.556. The van der Waals surface area contributed by atoms with Gasteiger partial charge in [-0.15, -0.1) is 5.10 Å². The quantitative estimate of drug-likeness (QED) is 0.667. The molecule has 88 valence electrons. The van der Waals surface area contributed by atoms with E-state index in [0.29, 0.717) is 5.82 Å². The summed E-state index contributed by atoms with van der Waals surface area (Å²) >= 11 is 0. The highest BCUT2D eigenvalue weighted by molar-refractivity contribution is 5.90. The Balaban J connectivity index is 2.57. The molecule has 0 atom stereocenters. The predicted octanol–water partition coefficient (Wildman–Crippen LogP) is -0.0463. The SMILES string of the molecule is Cc1nc(C(=O)NCC(C)(C)C(=O)O)n[nH]1. The highest BCUT2D eigenvalue weighted by Gasteiger charge is 2.28. The van der Waals surface area contributed by atoms with Gasteiger partial charge in [0.15, 0.2) is 0 Å². The Morgan fingerprint density at radius 2 is 2.12 bits per heavy atom. The number of aryl methyl sites for hydroxylation is 1. The molecule has 0 aliphatic heterocycles. The van der Waals surface area contributed by atoms with Gasteiger partial charge in [0, 0.05) is 6.54 Å². The maximum Gasteiger partial charge on any atom is 0.310 e. The zero-order chi connectivity index (χ0) is 12.3. The predicted molar refractivity (Wildman–Crippen MR) is 54.9 cm³/mol. The summed E-state index contributed by atoms with van der Waals surface area (Å²) < 4.78 is 0. The van der Waals surface area contributed by atoms with Gasteiger partial charge in [-0.05, 0) is 20.8 Å². The molecule has 0 bridgehead atoms. The number of rotatable bonds is 4. The van der Waals surface area contributed by atoms with Gasteiger partial charge in [-0.25, -0.2) is 4.98 Å². The zero-order valence-electron chi connectivity index (χ0n) is 9.37. The summed E-state index contributed by atoms with van der Waals surface area (Å²) in [6, 6.07) is 0. The van der Waals surface area contributed by atoms with Crippen molar-refractivity contribution in [1.29, 1.82) is 0 Å². The van der Waals surface area contributed by atoms with Gasteiger partial charge in [0.2, 0.25) is 5.82 Å². The Hall–Kier alpha value is -1.92. The van der Waals surface area contributed by atoms with Gasteiger partial charge < -0.3 is 10.4 Å². The Bertz CT molecular complexity index is 411. The van der Waals surface area contributed by atoms with E-state index in [1.54, 1.807) is 6.92 Å². The Morgan fingerprint density at radius 1 is 1.50 bits per heavy atom. The average Bonchev–Trinajstić information content (AvgIpc) is 2.61. The van der Waals surface area contributed by atoms with E-state index >= 15 is 0 Å². The fourth-order valence-corrected chi connectivity index (χ4v) is 0.900. The molecule has 3 N–H and O–H groups in total. The van der Waals surface area contributed by atoms with Crippen LogP contribution in [0.3, 0.4) is 0 Å². The monoisotopic (exact) mass is 226 g/mol. The molecule has 7 heteroatoms. The van der Waals surface area contributed by atoms with Crippen molar-refractivity contribution in [2.45, 2.75) is 20.8 Å². The van der Waals surface area contributed by atoms with E-state index in [4.69, 9.17) is 5.11 Å². The second-order valence-electron chi connectivity index (χ2n) is 4.12. The fourth-order valence-electron chi connectivity index (χ4n) is 0.900. The normalized spacial score (nSPS) is 11.2. The molecule has 0 unspecified atom stereocenters. The Kier molecular flexibility index (Phi) is 3.26. The van der Waals surface area contributed by atoms with E-state index < -0.39 is 17.3 Å². The number of aromatic nitrogens is 3. The van der Waals surface area contributed by atoms with E-state index in [1.807, 2.05) is 0 Å². The van der Waals surface area contributed by atoms with Crippen LogP contribution in [0.5, 0.6) is 0 Å². The number of aliphatic carboxylic acids is 1. The molecule has 7 nitrogen and oxygen atoms in total. The molecule has 1 heterocycles. The molecule has 0 saturated carbocycles. The van der Waals surface area contributed by atoms with Crippen LogP contribution in [0.4, 0.5) is 0 Å².